The van der Waals surface area contributed by atoms with Crippen LogP contribution in [0.25, 0.3) is 0 Å². The summed E-state index contributed by atoms with van der Waals surface area (Å²) >= 11 is 0. The number of nitrogens with zero attached hydrogens (tertiary/aromatic N) is 5. The highest BCUT2D eigenvalue weighted by atomic mass is 16.5. The Labute approximate surface area is 230 Å². The van der Waals surface area contributed by atoms with Crippen LogP contribution >= 0.6 is 0 Å². The second-order valence-electron chi connectivity index (χ2n) is 10.0. The van der Waals surface area contributed by atoms with Gasteiger partial charge in [0.05, 0.1) is 41.1 Å². The second-order valence-corrected chi connectivity index (χ2v) is 10.0. The number of para-hydroxylation sites is 1. The van der Waals surface area contributed by atoms with E-state index in [2.05, 4.69) is 15.2 Å². The summed E-state index contributed by atoms with van der Waals surface area (Å²) in [6, 6.07) is 15.0. The molecule has 9 heteroatoms. The Morgan fingerprint density at radius 1 is 1.03 bits per heavy atom. The first-order chi connectivity index (χ1) is 18.9. The van der Waals surface area contributed by atoms with Crippen molar-refractivity contribution in [1.29, 1.82) is 0 Å². The van der Waals surface area contributed by atoms with Gasteiger partial charge in [0.15, 0.2) is 0 Å². The molecule has 0 radical (unpaired) electrons. The highest BCUT2D eigenvalue weighted by Crippen LogP contribution is 2.40. The maximum Gasteiger partial charge on any atom is 0.260 e. The molecule has 1 saturated heterocycles. The number of hydrogen-bond donors (Lipinski definition) is 1. The number of amides is 2. The molecular weight excluding hydrogens is 492 g/mol. The molecule has 5 rings (SSSR count). The molecule has 204 valence electrons. The SMILES string of the molecule is CCOc1cc(C(=O)N(C)CCN2CCCC2)ccc1Nc1cc2c(cn1)N(C)C(=O)c1ccccc1N2C. The number of likely N-dealkylation sites (N-methyl/N-ethyl adjacent to an activating group) is 1. The molecule has 2 aliphatic heterocycles. The third-order valence-corrected chi connectivity index (χ3v) is 7.47. The van der Waals surface area contributed by atoms with Crippen molar-refractivity contribution in [2.75, 3.05) is 69.0 Å². The quantitative estimate of drug-likeness (QED) is 0.452. The lowest BCUT2D eigenvalue weighted by molar-refractivity contribution is 0.0781. The number of carbonyl (C=O) groups excluding carboxylic acids is 2. The highest BCUT2D eigenvalue weighted by molar-refractivity contribution is 6.13. The van der Waals surface area contributed by atoms with Gasteiger partial charge in [0.2, 0.25) is 0 Å². The maximum atomic E-state index is 13.1. The summed E-state index contributed by atoms with van der Waals surface area (Å²) in [6.45, 7) is 6.19. The van der Waals surface area contributed by atoms with Crippen molar-refractivity contribution in [3.63, 3.8) is 0 Å². The molecule has 1 N–H and O–H groups in total. The maximum absolute atomic E-state index is 13.1. The number of likely N-dealkylation sites (tertiary alicyclic amines) is 1. The van der Waals surface area contributed by atoms with E-state index in [1.807, 2.05) is 68.4 Å². The van der Waals surface area contributed by atoms with Gasteiger partial charge in [-0.05, 0) is 63.2 Å². The normalized spacial score (nSPS) is 15.0. The molecule has 39 heavy (non-hydrogen) atoms. The van der Waals surface area contributed by atoms with E-state index in [1.54, 1.807) is 29.1 Å². The molecule has 3 aromatic rings. The van der Waals surface area contributed by atoms with Gasteiger partial charge >= 0.3 is 0 Å². The van der Waals surface area contributed by atoms with Crippen LogP contribution < -0.4 is 19.9 Å². The van der Waals surface area contributed by atoms with Crippen LogP contribution in [0.5, 0.6) is 5.75 Å². The zero-order valence-corrected chi connectivity index (χ0v) is 23.1. The lowest BCUT2D eigenvalue weighted by atomic mass is 10.1. The van der Waals surface area contributed by atoms with Crippen LogP contribution in [0.1, 0.15) is 40.5 Å². The molecule has 2 aliphatic rings. The van der Waals surface area contributed by atoms with Crippen LogP contribution in [0.15, 0.2) is 54.7 Å². The Bertz CT molecular complexity index is 1370. The van der Waals surface area contributed by atoms with Crippen molar-refractivity contribution in [2.24, 2.45) is 0 Å². The summed E-state index contributed by atoms with van der Waals surface area (Å²) in [4.78, 5) is 38.6. The van der Waals surface area contributed by atoms with Gasteiger partial charge in [-0.25, -0.2) is 4.98 Å². The number of anilines is 5. The van der Waals surface area contributed by atoms with Gasteiger partial charge in [0, 0.05) is 45.9 Å². The number of nitrogens with one attached hydrogen (secondary N) is 1. The van der Waals surface area contributed by atoms with E-state index in [-0.39, 0.29) is 11.8 Å². The van der Waals surface area contributed by atoms with E-state index < -0.39 is 0 Å². The van der Waals surface area contributed by atoms with E-state index in [0.29, 0.717) is 47.2 Å². The molecule has 3 heterocycles. The molecular formula is C30H36N6O3. The number of aromatic nitrogens is 1. The minimum Gasteiger partial charge on any atom is -0.492 e. The van der Waals surface area contributed by atoms with Crippen molar-refractivity contribution >= 4 is 40.4 Å². The average Bonchev–Trinajstić information content (AvgIpc) is 3.47. The van der Waals surface area contributed by atoms with Crippen LogP contribution in [0.2, 0.25) is 0 Å². The highest BCUT2D eigenvalue weighted by Gasteiger charge is 2.28. The molecule has 1 aromatic heterocycles. The van der Waals surface area contributed by atoms with Gasteiger partial charge in [-0.1, -0.05) is 12.1 Å². The lowest BCUT2D eigenvalue weighted by Gasteiger charge is -2.23. The fraction of sp³-hybridized carbons (Fsp3) is 0.367. The standard InChI is InChI=1S/C30H36N6O3/c1-5-39-27-18-21(29(37)33(2)16-17-36-14-8-9-15-36)12-13-23(27)32-28-19-25-26(20-31-28)35(4)30(38)22-10-6-7-11-24(22)34(25)3/h6-7,10-13,18-20H,5,8-9,14-17H2,1-4H3,(H,31,32). The number of pyridine rings is 1. The zero-order valence-electron chi connectivity index (χ0n) is 23.1. The van der Waals surface area contributed by atoms with E-state index in [4.69, 9.17) is 4.74 Å². The predicted octanol–water partition coefficient (Wildman–Crippen LogP) is 4.75. The summed E-state index contributed by atoms with van der Waals surface area (Å²) in [5.74, 6) is 1.07. The average molecular weight is 529 g/mol. The second kappa shape index (κ2) is 11.3. The Kier molecular flexibility index (Phi) is 7.70. The van der Waals surface area contributed by atoms with Gasteiger partial charge in [-0.15, -0.1) is 0 Å². The summed E-state index contributed by atoms with van der Waals surface area (Å²) in [7, 11) is 5.55. The molecule has 0 saturated carbocycles. The molecule has 2 amide bonds. The molecule has 2 aromatic carbocycles. The predicted molar refractivity (Wildman–Crippen MR) is 155 cm³/mol. The minimum atomic E-state index is -0.0806. The molecule has 1 fully saturated rings. The Balaban J connectivity index is 1.38. The molecule has 0 atom stereocenters. The van der Waals surface area contributed by atoms with Gasteiger partial charge in [-0.2, -0.15) is 0 Å². The molecule has 0 unspecified atom stereocenters. The summed E-state index contributed by atoms with van der Waals surface area (Å²) in [5, 5.41) is 3.36. The van der Waals surface area contributed by atoms with Crippen molar-refractivity contribution in [2.45, 2.75) is 19.8 Å². The monoisotopic (exact) mass is 528 g/mol. The van der Waals surface area contributed by atoms with Crippen molar-refractivity contribution < 1.29 is 14.3 Å². The number of benzene rings is 2. The van der Waals surface area contributed by atoms with E-state index in [9.17, 15) is 9.59 Å². The Morgan fingerprint density at radius 3 is 2.56 bits per heavy atom. The van der Waals surface area contributed by atoms with Gasteiger partial charge in [0.1, 0.15) is 11.6 Å². The smallest absolute Gasteiger partial charge is 0.260 e. The van der Waals surface area contributed by atoms with Crippen LogP contribution in [-0.2, 0) is 0 Å². The first-order valence-electron chi connectivity index (χ1n) is 13.5. The zero-order chi connectivity index (χ0) is 27.5. The van der Waals surface area contributed by atoms with Crippen LogP contribution in [0, 0.1) is 0 Å². The largest absolute Gasteiger partial charge is 0.492 e. The van der Waals surface area contributed by atoms with Crippen molar-refractivity contribution in [1.82, 2.24) is 14.8 Å². The molecule has 0 aliphatic carbocycles. The van der Waals surface area contributed by atoms with E-state index >= 15 is 0 Å². The number of rotatable bonds is 8. The van der Waals surface area contributed by atoms with E-state index in [1.165, 1.54) is 12.8 Å². The Hall–Kier alpha value is -4.11. The first kappa shape index (κ1) is 26.5. The first-order valence-corrected chi connectivity index (χ1v) is 13.5. The fourth-order valence-electron chi connectivity index (χ4n) is 5.19. The summed E-state index contributed by atoms with van der Waals surface area (Å²) in [6.07, 6.45) is 4.17. The fourth-order valence-corrected chi connectivity index (χ4v) is 5.19. The van der Waals surface area contributed by atoms with E-state index in [0.717, 1.165) is 31.0 Å². The summed E-state index contributed by atoms with van der Waals surface area (Å²) in [5.41, 5.74) is 4.32. The lowest BCUT2D eigenvalue weighted by Crippen LogP contribution is -2.35. The van der Waals surface area contributed by atoms with Crippen molar-refractivity contribution in [3.05, 3.63) is 65.9 Å². The number of hydrogen-bond acceptors (Lipinski definition) is 7. The van der Waals surface area contributed by atoms with Crippen LogP contribution in [-0.4, -0.2) is 80.5 Å². The van der Waals surface area contributed by atoms with Gasteiger partial charge < -0.3 is 29.7 Å². The third kappa shape index (κ3) is 5.40. The summed E-state index contributed by atoms with van der Waals surface area (Å²) < 4.78 is 5.92. The number of fused-ring (bicyclic) bond motifs is 2. The van der Waals surface area contributed by atoms with Gasteiger partial charge in [-0.3, -0.25) is 9.59 Å². The topological polar surface area (TPSA) is 81.2 Å². The third-order valence-electron chi connectivity index (χ3n) is 7.47. The Morgan fingerprint density at radius 2 is 1.79 bits per heavy atom. The molecule has 0 bridgehead atoms. The number of carbonyl (C=O) groups is 2. The molecule has 9 nitrogen and oxygen atoms in total. The number of ether oxygens (including phenoxy) is 1. The van der Waals surface area contributed by atoms with Gasteiger partial charge in [0.25, 0.3) is 11.8 Å². The minimum absolute atomic E-state index is 0.0298. The molecule has 0 spiro atoms. The van der Waals surface area contributed by atoms with Crippen LogP contribution in [0.4, 0.5) is 28.6 Å². The van der Waals surface area contributed by atoms with Crippen LogP contribution in [0.3, 0.4) is 0 Å². The van der Waals surface area contributed by atoms with Crippen molar-refractivity contribution in [3.8, 4) is 5.75 Å².